The van der Waals surface area contributed by atoms with E-state index in [1.54, 1.807) is 31.2 Å². The normalized spacial score (nSPS) is 12.2. The van der Waals surface area contributed by atoms with Crippen LogP contribution in [0, 0.1) is 5.92 Å². The molecule has 1 aromatic rings. The minimum atomic E-state index is -0.609. The zero-order valence-corrected chi connectivity index (χ0v) is 13.9. The second kappa shape index (κ2) is 9.67. The van der Waals surface area contributed by atoms with Crippen LogP contribution in [0.15, 0.2) is 24.3 Å². The number of esters is 1. The van der Waals surface area contributed by atoms with Crippen molar-refractivity contribution in [3.05, 3.63) is 29.3 Å². The number of hydrogen-bond acceptors (Lipinski definition) is 3. The third-order valence-electron chi connectivity index (χ3n) is 3.13. The van der Waals surface area contributed by atoms with E-state index in [1.807, 2.05) is 0 Å². The topological polar surface area (TPSA) is 35.5 Å². The lowest BCUT2D eigenvalue weighted by Gasteiger charge is -2.14. The minimum Gasteiger partial charge on any atom is -0.479 e. The molecular weight excluding hydrogens is 288 g/mol. The summed E-state index contributed by atoms with van der Waals surface area (Å²) in [5, 5.41) is 0.638. The van der Waals surface area contributed by atoms with Gasteiger partial charge in [-0.05, 0) is 43.5 Å². The van der Waals surface area contributed by atoms with Crippen molar-refractivity contribution in [1.82, 2.24) is 0 Å². The summed E-state index contributed by atoms with van der Waals surface area (Å²) < 4.78 is 10.7. The van der Waals surface area contributed by atoms with Crippen molar-refractivity contribution in [2.24, 2.45) is 5.92 Å². The predicted octanol–water partition coefficient (Wildman–Crippen LogP) is 4.87. The second-order valence-electron chi connectivity index (χ2n) is 5.62. The van der Waals surface area contributed by atoms with Gasteiger partial charge in [0.15, 0.2) is 6.10 Å². The molecule has 0 amide bonds. The van der Waals surface area contributed by atoms with E-state index in [0.29, 0.717) is 17.4 Å². The molecule has 21 heavy (non-hydrogen) atoms. The molecule has 0 aliphatic rings. The number of benzene rings is 1. The molecule has 0 fully saturated rings. The van der Waals surface area contributed by atoms with E-state index in [1.165, 1.54) is 12.8 Å². The Bertz CT molecular complexity index is 415. The number of carbonyl (C=O) groups is 1. The van der Waals surface area contributed by atoms with Gasteiger partial charge < -0.3 is 9.47 Å². The molecule has 3 nitrogen and oxygen atoms in total. The molecule has 0 radical (unpaired) electrons. The summed E-state index contributed by atoms with van der Waals surface area (Å²) >= 11 is 5.79. The van der Waals surface area contributed by atoms with Gasteiger partial charge >= 0.3 is 5.97 Å². The lowest BCUT2D eigenvalue weighted by Crippen LogP contribution is -2.26. The van der Waals surface area contributed by atoms with Crippen LogP contribution in [0.25, 0.3) is 0 Å². The summed E-state index contributed by atoms with van der Waals surface area (Å²) in [7, 11) is 0. The van der Waals surface area contributed by atoms with Crippen LogP contribution in [0.4, 0.5) is 0 Å². The van der Waals surface area contributed by atoms with Crippen molar-refractivity contribution in [1.29, 1.82) is 0 Å². The lowest BCUT2D eigenvalue weighted by molar-refractivity contribution is -0.151. The van der Waals surface area contributed by atoms with Gasteiger partial charge in [0.1, 0.15) is 5.75 Å². The van der Waals surface area contributed by atoms with Gasteiger partial charge in [-0.1, -0.05) is 44.7 Å². The van der Waals surface area contributed by atoms with Crippen LogP contribution in [-0.2, 0) is 9.53 Å². The Labute approximate surface area is 132 Å². The number of ether oxygens (including phenoxy) is 2. The molecule has 1 unspecified atom stereocenters. The SMILES string of the molecule is CC(C)CCCCCOC(=O)C(C)Oc1ccc(Cl)cc1. The van der Waals surface area contributed by atoms with Crippen molar-refractivity contribution < 1.29 is 14.3 Å². The molecule has 0 spiro atoms. The van der Waals surface area contributed by atoms with E-state index in [2.05, 4.69) is 13.8 Å². The second-order valence-corrected chi connectivity index (χ2v) is 6.06. The molecule has 118 valence electrons. The summed E-state index contributed by atoms with van der Waals surface area (Å²) in [6, 6.07) is 6.92. The van der Waals surface area contributed by atoms with Crippen LogP contribution in [0.1, 0.15) is 46.5 Å². The van der Waals surface area contributed by atoms with Crippen LogP contribution < -0.4 is 4.74 Å². The van der Waals surface area contributed by atoms with Gasteiger partial charge in [0.05, 0.1) is 6.61 Å². The Morgan fingerprint density at radius 1 is 1.10 bits per heavy atom. The summed E-state index contributed by atoms with van der Waals surface area (Å²) in [6.07, 6.45) is 3.81. The number of carbonyl (C=O) groups excluding carboxylic acids is 1. The van der Waals surface area contributed by atoms with Gasteiger partial charge in [0.25, 0.3) is 0 Å². The van der Waals surface area contributed by atoms with Gasteiger partial charge in [0.2, 0.25) is 0 Å². The molecule has 0 aliphatic carbocycles. The molecule has 0 bridgehead atoms. The fourth-order valence-corrected chi connectivity index (χ4v) is 2.01. The summed E-state index contributed by atoms with van der Waals surface area (Å²) in [5.41, 5.74) is 0. The van der Waals surface area contributed by atoms with Gasteiger partial charge in [-0.25, -0.2) is 4.79 Å². The summed E-state index contributed by atoms with van der Waals surface area (Å²) in [6.45, 7) is 6.59. The van der Waals surface area contributed by atoms with E-state index in [9.17, 15) is 4.79 Å². The molecular formula is C17H25ClO3. The smallest absolute Gasteiger partial charge is 0.347 e. The maximum atomic E-state index is 11.8. The number of halogens is 1. The fraction of sp³-hybridized carbons (Fsp3) is 0.588. The molecule has 0 aromatic heterocycles. The first-order valence-electron chi connectivity index (χ1n) is 7.58. The van der Waals surface area contributed by atoms with Crippen LogP contribution >= 0.6 is 11.6 Å². The minimum absolute atomic E-state index is 0.325. The van der Waals surface area contributed by atoms with E-state index >= 15 is 0 Å². The highest BCUT2D eigenvalue weighted by molar-refractivity contribution is 6.30. The quantitative estimate of drug-likeness (QED) is 0.482. The van der Waals surface area contributed by atoms with Gasteiger partial charge in [-0.2, -0.15) is 0 Å². The van der Waals surface area contributed by atoms with Gasteiger partial charge in [-0.3, -0.25) is 0 Å². The van der Waals surface area contributed by atoms with Crippen molar-refractivity contribution in [2.45, 2.75) is 52.6 Å². The monoisotopic (exact) mass is 312 g/mol. The molecule has 0 N–H and O–H groups in total. The number of rotatable bonds is 9. The van der Waals surface area contributed by atoms with Crippen molar-refractivity contribution in [3.63, 3.8) is 0 Å². The fourth-order valence-electron chi connectivity index (χ4n) is 1.89. The molecule has 0 saturated carbocycles. The van der Waals surface area contributed by atoms with Crippen LogP contribution in [0.3, 0.4) is 0 Å². The maximum Gasteiger partial charge on any atom is 0.347 e. The Balaban J connectivity index is 2.18. The van der Waals surface area contributed by atoms with E-state index in [4.69, 9.17) is 21.1 Å². The molecule has 1 atom stereocenters. The van der Waals surface area contributed by atoms with Crippen molar-refractivity contribution in [2.75, 3.05) is 6.61 Å². The Morgan fingerprint density at radius 2 is 1.76 bits per heavy atom. The summed E-state index contributed by atoms with van der Waals surface area (Å²) in [4.78, 5) is 11.8. The van der Waals surface area contributed by atoms with Crippen LogP contribution in [0.5, 0.6) is 5.75 Å². The molecule has 1 aromatic carbocycles. The third-order valence-corrected chi connectivity index (χ3v) is 3.38. The lowest BCUT2D eigenvalue weighted by atomic mass is 10.1. The molecule has 1 rings (SSSR count). The average Bonchev–Trinajstić information content (AvgIpc) is 2.44. The third kappa shape index (κ3) is 7.96. The Kier molecular flexibility index (Phi) is 8.21. The zero-order valence-electron chi connectivity index (χ0n) is 13.1. The predicted molar refractivity (Wildman–Crippen MR) is 85.8 cm³/mol. The first kappa shape index (κ1) is 17.8. The van der Waals surface area contributed by atoms with Gasteiger partial charge in [-0.15, -0.1) is 0 Å². The highest BCUT2D eigenvalue weighted by atomic mass is 35.5. The van der Waals surface area contributed by atoms with E-state index in [-0.39, 0.29) is 5.97 Å². The largest absolute Gasteiger partial charge is 0.479 e. The van der Waals surface area contributed by atoms with Crippen LogP contribution in [0.2, 0.25) is 5.02 Å². The Morgan fingerprint density at radius 3 is 2.38 bits per heavy atom. The zero-order chi connectivity index (χ0) is 15.7. The van der Waals surface area contributed by atoms with Crippen molar-refractivity contribution in [3.8, 4) is 5.75 Å². The maximum absolute atomic E-state index is 11.8. The first-order chi connectivity index (χ1) is 9.99. The molecule has 4 heteroatoms. The number of unbranched alkanes of at least 4 members (excludes halogenated alkanes) is 2. The standard InChI is InChI=1S/C17H25ClO3/c1-13(2)7-5-4-6-12-20-17(19)14(3)21-16-10-8-15(18)9-11-16/h8-11,13-14H,4-7,12H2,1-3H3. The highest BCUT2D eigenvalue weighted by Crippen LogP contribution is 2.17. The first-order valence-corrected chi connectivity index (χ1v) is 7.95. The average molecular weight is 313 g/mol. The molecule has 0 saturated heterocycles. The summed E-state index contributed by atoms with van der Waals surface area (Å²) in [5.74, 6) is 1.02. The van der Waals surface area contributed by atoms with Crippen molar-refractivity contribution >= 4 is 17.6 Å². The van der Waals surface area contributed by atoms with Crippen LogP contribution in [-0.4, -0.2) is 18.7 Å². The molecule has 0 heterocycles. The van der Waals surface area contributed by atoms with Gasteiger partial charge in [0, 0.05) is 5.02 Å². The van der Waals surface area contributed by atoms with E-state index in [0.717, 1.165) is 18.8 Å². The highest BCUT2D eigenvalue weighted by Gasteiger charge is 2.15. The van der Waals surface area contributed by atoms with E-state index < -0.39 is 6.10 Å². The Hall–Kier alpha value is -1.22. The molecule has 0 aliphatic heterocycles. The number of hydrogen-bond donors (Lipinski definition) is 0.